The zero-order valence-corrected chi connectivity index (χ0v) is 9.52. The molecule has 0 saturated carbocycles. The number of rotatable bonds is 6. The third-order valence-electron chi connectivity index (χ3n) is 2.60. The zero-order valence-electron chi connectivity index (χ0n) is 9.52. The minimum Gasteiger partial charge on any atom is -0.480 e. The van der Waals surface area contributed by atoms with Gasteiger partial charge in [0.05, 0.1) is 6.61 Å². The molecule has 0 aromatic rings. The van der Waals surface area contributed by atoms with Crippen LogP contribution in [0.5, 0.6) is 0 Å². The first-order valence-electron chi connectivity index (χ1n) is 5.59. The van der Waals surface area contributed by atoms with E-state index in [0.29, 0.717) is 25.7 Å². The van der Waals surface area contributed by atoms with Crippen molar-refractivity contribution in [3.05, 3.63) is 0 Å². The van der Waals surface area contributed by atoms with E-state index in [1.54, 1.807) is 0 Å². The lowest BCUT2D eigenvalue weighted by Crippen LogP contribution is -2.47. The van der Waals surface area contributed by atoms with Crippen LogP contribution in [0.2, 0.25) is 0 Å². The van der Waals surface area contributed by atoms with Crippen molar-refractivity contribution in [2.24, 2.45) is 5.92 Å². The standard InChI is InChI=1S/C10H18N2O5/c13-3-1-8(9(14)15)12-10(16)11-5-7-2-4-17-6-7/h7-8,13H,1-6H2,(H,14,15)(H2,11,12,16)/t7?,8-/m0/s1. The van der Waals surface area contributed by atoms with Crippen molar-refractivity contribution >= 4 is 12.0 Å². The lowest BCUT2D eigenvalue weighted by atomic mass is 10.1. The Kier molecular flexibility index (Phi) is 5.71. The lowest BCUT2D eigenvalue weighted by molar-refractivity contribution is -0.139. The molecule has 0 aliphatic carbocycles. The fourth-order valence-corrected chi connectivity index (χ4v) is 1.58. The van der Waals surface area contributed by atoms with E-state index >= 15 is 0 Å². The van der Waals surface area contributed by atoms with Gasteiger partial charge in [0.15, 0.2) is 0 Å². The summed E-state index contributed by atoms with van der Waals surface area (Å²) in [5, 5.41) is 22.3. The van der Waals surface area contributed by atoms with E-state index in [1.165, 1.54) is 0 Å². The van der Waals surface area contributed by atoms with Gasteiger partial charge in [-0.1, -0.05) is 0 Å². The zero-order chi connectivity index (χ0) is 12.7. The van der Waals surface area contributed by atoms with Crippen molar-refractivity contribution in [1.29, 1.82) is 0 Å². The summed E-state index contributed by atoms with van der Waals surface area (Å²) >= 11 is 0. The maximum absolute atomic E-state index is 11.4. The molecule has 0 aromatic carbocycles. The Balaban J connectivity index is 2.23. The maximum Gasteiger partial charge on any atom is 0.326 e. The molecule has 0 spiro atoms. The topological polar surface area (TPSA) is 108 Å². The molecule has 1 aliphatic heterocycles. The minimum atomic E-state index is -1.15. The van der Waals surface area contributed by atoms with E-state index < -0.39 is 18.0 Å². The Hall–Kier alpha value is -1.34. The highest BCUT2D eigenvalue weighted by Gasteiger charge is 2.20. The second kappa shape index (κ2) is 7.08. The summed E-state index contributed by atoms with van der Waals surface area (Å²) in [7, 11) is 0. The van der Waals surface area contributed by atoms with Gasteiger partial charge in [0, 0.05) is 32.1 Å². The van der Waals surface area contributed by atoms with E-state index in [1.807, 2.05) is 0 Å². The van der Waals surface area contributed by atoms with E-state index in [-0.39, 0.29) is 13.0 Å². The number of aliphatic hydroxyl groups excluding tert-OH is 1. The Morgan fingerprint density at radius 1 is 1.47 bits per heavy atom. The van der Waals surface area contributed by atoms with Gasteiger partial charge in [-0.3, -0.25) is 0 Å². The number of urea groups is 1. The maximum atomic E-state index is 11.4. The van der Waals surface area contributed by atoms with Crippen molar-refractivity contribution in [3.63, 3.8) is 0 Å². The van der Waals surface area contributed by atoms with Crippen molar-refractivity contribution in [1.82, 2.24) is 10.6 Å². The van der Waals surface area contributed by atoms with Gasteiger partial charge >= 0.3 is 12.0 Å². The minimum absolute atomic E-state index is 0.00467. The van der Waals surface area contributed by atoms with Crippen LogP contribution in [0.15, 0.2) is 0 Å². The van der Waals surface area contributed by atoms with Gasteiger partial charge in [-0.05, 0) is 6.42 Å². The first-order chi connectivity index (χ1) is 8.13. The summed E-state index contributed by atoms with van der Waals surface area (Å²) in [6, 6.07) is -1.59. The number of aliphatic hydroxyl groups is 1. The number of hydrogen-bond acceptors (Lipinski definition) is 4. The molecule has 1 saturated heterocycles. The normalized spacial score (nSPS) is 20.9. The number of carbonyl (C=O) groups excluding carboxylic acids is 1. The number of carboxylic acid groups (broad SMARTS) is 1. The van der Waals surface area contributed by atoms with Crippen LogP contribution in [0.3, 0.4) is 0 Å². The Morgan fingerprint density at radius 2 is 2.24 bits per heavy atom. The molecular formula is C10H18N2O5. The van der Waals surface area contributed by atoms with Crippen LogP contribution in [0.25, 0.3) is 0 Å². The van der Waals surface area contributed by atoms with Crippen LogP contribution in [0, 0.1) is 5.92 Å². The molecule has 17 heavy (non-hydrogen) atoms. The SMILES string of the molecule is O=C(NCC1CCOC1)N[C@@H](CCO)C(=O)O. The highest BCUT2D eigenvalue weighted by atomic mass is 16.5. The van der Waals surface area contributed by atoms with Crippen LogP contribution in [-0.2, 0) is 9.53 Å². The number of carbonyl (C=O) groups is 2. The van der Waals surface area contributed by atoms with E-state index in [2.05, 4.69) is 10.6 Å². The summed E-state index contributed by atoms with van der Waals surface area (Å²) in [5.41, 5.74) is 0. The van der Waals surface area contributed by atoms with Crippen molar-refractivity contribution in [2.45, 2.75) is 18.9 Å². The van der Waals surface area contributed by atoms with Gasteiger partial charge in [-0.2, -0.15) is 0 Å². The van der Waals surface area contributed by atoms with Gasteiger partial charge in [0.2, 0.25) is 0 Å². The molecule has 1 heterocycles. The predicted octanol–water partition coefficient (Wildman–Crippen LogP) is -0.842. The van der Waals surface area contributed by atoms with Crippen LogP contribution in [0.4, 0.5) is 4.79 Å². The van der Waals surface area contributed by atoms with E-state index in [4.69, 9.17) is 14.9 Å². The largest absolute Gasteiger partial charge is 0.480 e. The number of carboxylic acids is 1. The van der Waals surface area contributed by atoms with Crippen molar-refractivity contribution in [3.8, 4) is 0 Å². The quantitative estimate of drug-likeness (QED) is 0.488. The predicted molar refractivity (Wildman–Crippen MR) is 58.6 cm³/mol. The van der Waals surface area contributed by atoms with Gasteiger partial charge in [-0.15, -0.1) is 0 Å². The Bertz CT molecular complexity index is 265. The second-order valence-corrected chi connectivity index (χ2v) is 3.99. The molecule has 1 fully saturated rings. The number of nitrogens with one attached hydrogen (secondary N) is 2. The monoisotopic (exact) mass is 246 g/mol. The molecule has 2 amide bonds. The molecule has 0 radical (unpaired) electrons. The number of amides is 2. The first-order valence-corrected chi connectivity index (χ1v) is 5.59. The second-order valence-electron chi connectivity index (χ2n) is 3.99. The summed E-state index contributed by atoms with van der Waals surface area (Å²) in [6.45, 7) is 1.51. The summed E-state index contributed by atoms with van der Waals surface area (Å²) < 4.78 is 5.15. The molecule has 7 nitrogen and oxygen atoms in total. The summed E-state index contributed by atoms with van der Waals surface area (Å²) in [4.78, 5) is 22.1. The molecule has 98 valence electrons. The van der Waals surface area contributed by atoms with Crippen LogP contribution >= 0.6 is 0 Å². The molecule has 1 unspecified atom stereocenters. The third kappa shape index (κ3) is 5.01. The number of ether oxygens (including phenoxy) is 1. The van der Waals surface area contributed by atoms with Crippen molar-refractivity contribution in [2.75, 3.05) is 26.4 Å². The highest BCUT2D eigenvalue weighted by Crippen LogP contribution is 2.10. The third-order valence-corrected chi connectivity index (χ3v) is 2.60. The van der Waals surface area contributed by atoms with Gasteiger partial charge in [-0.25, -0.2) is 9.59 Å². The fourth-order valence-electron chi connectivity index (χ4n) is 1.58. The molecular weight excluding hydrogens is 228 g/mol. The molecule has 0 bridgehead atoms. The Labute approximate surface area is 99.1 Å². The van der Waals surface area contributed by atoms with Crippen LogP contribution < -0.4 is 10.6 Å². The van der Waals surface area contributed by atoms with Crippen molar-refractivity contribution < 1.29 is 24.5 Å². The molecule has 1 aliphatic rings. The highest BCUT2D eigenvalue weighted by molar-refractivity contribution is 5.82. The van der Waals surface area contributed by atoms with Crippen LogP contribution in [-0.4, -0.2) is 54.6 Å². The molecule has 1 rings (SSSR count). The number of hydrogen-bond donors (Lipinski definition) is 4. The number of aliphatic carboxylic acids is 1. The van der Waals surface area contributed by atoms with Gasteiger partial charge in [0.1, 0.15) is 6.04 Å². The average molecular weight is 246 g/mol. The summed E-state index contributed by atoms with van der Waals surface area (Å²) in [6.07, 6.45) is 0.897. The first kappa shape index (κ1) is 13.7. The van der Waals surface area contributed by atoms with Gasteiger partial charge < -0.3 is 25.6 Å². The molecule has 0 aromatic heterocycles. The fraction of sp³-hybridized carbons (Fsp3) is 0.800. The van der Waals surface area contributed by atoms with E-state index in [0.717, 1.165) is 6.42 Å². The molecule has 2 atom stereocenters. The smallest absolute Gasteiger partial charge is 0.326 e. The Morgan fingerprint density at radius 3 is 2.76 bits per heavy atom. The lowest BCUT2D eigenvalue weighted by Gasteiger charge is -2.15. The summed E-state index contributed by atoms with van der Waals surface area (Å²) in [5.74, 6) is -0.861. The molecule has 7 heteroatoms. The molecule has 4 N–H and O–H groups in total. The van der Waals surface area contributed by atoms with Crippen LogP contribution in [0.1, 0.15) is 12.8 Å². The van der Waals surface area contributed by atoms with E-state index in [9.17, 15) is 9.59 Å². The van der Waals surface area contributed by atoms with Gasteiger partial charge in [0.25, 0.3) is 0 Å². The average Bonchev–Trinajstić information content (AvgIpc) is 2.78.